The summed E-state index contributed by atoms with van der Waals surface area (Å²) in [6.07, 6.45) is 3.30. The Morgan fingerprint density at radius 2 is 2.00 bits per heavy atom. The summed E-state index contributed by atoms with van der Waals surface area (Å²) in [5, 5.41) is 13.5. The molecule has 2 saturated heterocycles. The van der Waals surface area contributed by atoms with Crippen molar-refractivity contribution >= 4 is 5.91 Å². The Morgan fingerprint density at radius 3 is 2.58 bits per heavy atom. The van der Waals surface area contributed by atoms with Gasteiger partial charge < -0.3 is 18.9 Å². The van der Waals surface area contributed by atoms with Crippen molar-refractivity contribution < 1.29 is 18.8 Å². The average molecular weight is 331 g/mol. The van der Waals surface area contributed by atoms with E-state index in [1.807, 2.05) is 0 Å². The van der Waals surface area contributed by atoms with Crippen LogP contribution in [0.2, 0.25) is 0 Å². The van der Waals surface area contributed by atoms with Crippen molar-refractivity contribution in [3.8, 4) is 5.75 Å². The molecule has 2 aromatic heterocycles. The van der Waals surface area contributed by atoms with Crippen molar-refractivity contribution in [3.05, 3.63) is 40.0 Å². The Morgan fingerprint density at radius 1 is 1.29 bits per heavy atom. The molecule has 8 nitrogen and oxygen atoms in total. The number of piperidine rings is 1. The molecule has 1 N–H and O–H groups in total. The Labute approximate surface area is 137 Å². The van der Waals surface area contributed by atoms with Crippen LogP contribution in [0.3, 0.4) is 0 Å². The van der Waals surface area contributed by atoms with Gasteiger partial charge in [0.2, 0.25) is 5.89 Å². The first-order chi connectivity index (χ1) is 11.5. The highest BCUT2D eigenvalue weighted by Crippen LogP contribution is 2.43. The van der Waals surface area contributed by atoms with Gasteiger partial charge >= 0.3 is 5.63 Å². The highest BCUT2D eigenvalue weighted by Gasteiger charge is 2.45. The predicted octanol–water partition coefficient (Wildman–Crippen LogP) is 1.59. The molecule has 1 amide bonds. The number of aromatic nitrogens is 2. The largest absolute Gasteiger partial charge is 0.508 e. The summed E-state index contributed by atoms with van der Waals surface area (Å²) in [5.74, 6) is 0.668. The van der Waals surface area contributed by atoms with Crippen molar-refractivity contribution in [2.75, 3.05) is 0 Å². The summed E-state index contributed by atoms with van der Waals surface area (Å²) in [7, 11) is 0. The highest BCUT2D eigenvalue weighted by atomic mass is 16.5. The van der Waals surface area contributed by atoms with E-state index < -0.39 is 5.63 Å². The second-order valence-electron chi connectivity index (χ2n) is 6.44. The van der Waals surface area contributed by atoms with E-state index in [1.165, 1.54) is 6.07 Å². The summed E-state index contributed by atoms with van der Waals surface area (Å²) in [6.45, 7) is 1.76. The number of hydrogen-bond donors (Lipinski definition) is 1. The third kappa shape index (κ3) is 2.47. The molecule has 4 rings (SSSR count). The lowest BCUT2D eigenvalue weighted by Gasteiger charge is -2.37. The predicted molar refractivity (Wildman–Crippen MR) is 80.6 cm³/mol. The van der Waals surface area contributed by atoms with Gasteiger partial charge in [-0.15, -0.1) is 0 Å². The van der Waals surface area contributed by atoms with E-state index >= 15 is 0 Å². The van der Waals surface area contributed by atoms with Gasteiger partial charge in [-0.1, -0.05) is 5.16 Å². The molecule has 24 heavy (non-hydrogen) atoms. The lowest BCUT2D eigenvalue weighted by Crippen LogP contribution is -2.46. The Balaban J connectivity index is 1.58. The molecule has 8 heteroatoms. The number of rotatable bonds is 2. The van der Waals surface area contributed by atoms with Gasteiger partial charge in [-0.05, 0) is 25.7 Å². The molecule has 126 valence electrons. The van der Waals surface area contributed by atoms with Crippen LogP contribution in [0.25, 0.3) is 0 Å². The highest BCUT2D eigenvalue weighted by molar-refractivity contribution is 5.92. The standard InChI is InChI=1S/C16H17N3O5/c1-8-17-15(18-24-8)9-4-10-2-3-11(5-9)19(10)16(22)13-6-12(20)7-14(21)23-13/h6-7,9-11,20H,2-5H2,1H3. The van der Waals surface area contributed by atoms with E-state index in [9.17, 15) is 14.7 Å². The zero-order valence-corrected chi connectivity index (χ0v) is 13.1. The van der Waals surface area contributed by atoms with Crippen molar-refractivity contribution in [2.24, 2.45) is 0 Å². The minimum atomic E-state index is -0.733. The van der Waals surface area contributed by atoms with Gasteiger partial charge in [0.15, 0.2) is 11.6 Å². The molecular weight excluding hydrogens is 314 g/mol. The van der Waals surface area contributed by atoms with Gasteiger partial charge in [0, 0.05) is 31.0 Å². The smallest absolute Gasteiger partial charge is 0.340 e. The van der Waals surface area contributed by atoms with Crippen LogP contribution in [0.5, 0.6) is 5.75 Å². The van der Waals surface area contributed by atoms with Gasteiger partial charge in [0.05, 0.1) is 6.07 Å². The molecule has 4 heterocycles. The minimum Gasteiger partial charge on any atom is -0.508 e. The lowest BCUT2D eigenvalue weighted by atomic mass is 9.90. The normalized spacial score (nSPS) is 25.9. The molecule has 2 aliphatic rings. The maximum Gasteiger partial charge on any atom is 0.340 e. The van der Waals surface area contributed by atoms with E-state index in [-0.39, 0.29) is 35.4 Å². The van der Waals surface area contributed by atoms with Gasteiger partial charge in [0.1, 0.15) is 5.75 Å². The third-order valence-corrected chi connectivity index (χ3v) is 4.84. The Kier molecular flexibility index (Phi) is 3.40. The van der Waals surface area contributed by atoms with Crippen LogP contribution < -0.4 is 5.63 Å². The van der Waals surface area contributed by atoms with Gasteiger partial charge in [-0.3, -0.25) is 4.79 Å². The van der Waals surface area contributed by atoms with E-state index in [2.05, 4.69) is 10.1 Å². The van der Waals surface area contributed by atoms with Gasteiger partial charge in [0.25, 0.3) is 5.91 Å². The quantitative estimate of drug-likeness (QED) is 0.889. The number of carbonyl (C=O) groups excluding carboxylic acids is 1. The molecule has 2 unspecified atom stereocenters. The zero-order chi connectivity index (χ0) is 16.8. The lowest BCUT2D eigenvalue weighted by molar-refractivity contribution is 0.0528. The Hall–Kier alpha value is -2.64. The SMILES string of the molecule is Cc1nc(C2CC3CCC(C2)N3C(=O)c2cc(O)cc(=O)o2)no1. The van der Waals surface area contributed by atoms with Crippen LogP contribution in [0, 0.1) is 6.92 Å². The minimum absolute atomic E-state index is 0.0488. The maximum absolute atomic E-state index is 12.7. The summed E-state index contributed by atoms with van der Waals surface area (Å²) in [5.41, 5.74) is -0.733. The molecule has 0 spiro atoms. The van der Waals surface area contributed by atoms with Crippen LogP contribution in [-0.2, 0) is 0 Å². The molecule has 0 saturated carbocycles. The van der Waals surface area contributed by atoms with Gasteiger partial charge in [-0.25, -0.2) is 4.79 Å². The average Bonchev–Trinajstić information content (AvgIpc) is 3.07. The Bertz CT molecular complexity index is 828. The van der Waals surface area contributed by atoms with Crippen LogP contribution in [-0.4, -0.2) is 38.1 Å². The first-order valence-corrected chi connectivity index (χ1v) is 7.98. The second-order valence-corrected chi connectivity index (χ2v) is 6.44. The summed E-state index contributed by atoms with van der Waals surface area (Å²) in [6, 6.07) is 2.23. The van der Waals surface area contributed by atoms with Crippen LogP contribution in [0.4, 0.5) is 0 Å². The second kappa shape index (κ2) is 5.47. The van der Waals surface area contributed by atoms with Crippen LogP contribution in [0.15, 0.2) is 25.9 Å². The molecule has 2 aromatic rings. The van der Waals surface area contributed by atoms with Crippen molar-refractivity contribution in [1.29, 1.82) is 0 Å². The van der Waals surface area contributed by atoms with Crippen molar-refractivity contribution in [1.82, 2.24) is 15.0 Å². The fraction of sp³-hybridized carbons (Fsp3) is 0.500. The summed E-state index contributed by atoms with van der Waals surface area (Å²) >= 11 is 0. The molecular formula is C16H17N3O5. The maximum atomic E-state index is 12.7. The third-order valence-electron chi connectivity index (χ3n) is 4.84. The topological polar surface area (TPSA) is 110 Å². The molecule has 2 bridgehead atoms. The van der Waals surface area contributed by atoms with Crippen molar-refractivity contribution in [2.45, 2.75) is 50.6 Å². The molecule has 0 radical (unpaired) electrons. The van der Waals surface area contributed by atoms with E-state index in [4.69, 9.17) is 8.94 Å². The van der Waals surface area contributed by atoms with E-state index in [0.717, 1.165) is 31.7 Å². The molecule has 2 fully saturated rings. The number of aryl methyl sites for hydroxylation is 1. The molecule has 0 aliphatic carbocycles. The number of nitrogens with zero attached hydrogens (tertiary/aromatic N) is 3. The fourth-order valence-corrected chi connectivity index (χ4v) is 3.90. The first kappa shape index (κ1) is 14.9. The van der Waals surface area contributed by atoms with Crippen molar-refractivity contribution in [3.63, 3.8) is 0 Å². The summed E-state index contributed by atoms with van der Waals surface area (Å²) in [4.78, 5) is 30.2. The number of aromatic hydroxyl groups is 1. The molecule has 2 aliphatic heterocycles. The van der Waals surface area contributed by atoms with Crippen LogP contribution >= 0.6 is 0 Å². The number of amides is 1. The van der Waals surface area contributed by atoms with E-state index in [0.29, 0.717) is 11.7 Å². The zero-order valence-electron chi connectivity index (χ0n) is 13.1. The van der Waals surface area contributed by atoms with Gasteiger partial charge in [-0.2, -0.15) is 4.98 Å². The molecule has 0 aromatic carbocycles. The first-order valence-electron chi connectivity index (χ1n) is 7.98. The monoisotopic (exact) mass is 331 g/mol. The molecule has 2 atom stereocenters. The number of fused-ring (bicyclic) bond motifs is 2. The fourth-order valence-electron chi connectivity index (χ4n) is 3.90. The van der Waals surface area contributed by atoms with Crippen LogP contribution in [0.1, 0.15) is 53.9 Å². The summed E-state index contributed by atoms with van der Waals surface area (Å²) < 4.78 is 10.0. The number of hydrogen-bond acceptors (Lipinski definition) is 7. The number of carbonyl (C=O) groups is 1. The van der Waals surface area contributed by atoms with E-state index in [1.54, 1.807) is 11.8 Å².